The SMILES string of the molecule is CCNC(=NCC(C)(C)NS(C)(=O)=O)NCCc1ncc(C)s1. The van der Waals surface area contributed by atoms with E-state index in [0.717, 1.165) is 30.8 Å². The van der Waals surface area contributed by atoms with E-state index in [1.165, 1.54) is 4.88 Å². The van der Waals surface area contributed by atoms with Crippen molar-refractivity contribution in [3.05, 3.63) is 16.1 Å². The van der Waals surface area contributed by atoms with E-state index in [1.807, 2.05) is 20.0 Å². The zero-order valence-corrected chi connectivity index (χ0v) is 16.1. The second-order valence-electron chi connectivity index (χ2n) is 5.99. The molecule has 0 aromatic carbocycles. The number of aryl methyl sites for hydroxylation is 1. The van der Waals surface area contributed by atoms with Gasteiger partial charge in [0.15, 0.2) is 5.96 Å². The van der Waals surface area contributed by atoms with E-state index in [0.29, 0.717) is 12.5 Å². The monoisotopic (exact) mass is 361 g/mol. The first-order valence-corrected chi connectivity index (χ1v) is 10.2. The number of aromatic nitrogens is 1. The quantitative estimate of drug-likeness (QED) is 0.472. The van der Waals surface area contributed by atoms with Gasteiger partial charge in [0.2, 0.25) is 10.0 Å². The van der Waals surface area contributed by atoms with Crippen molar-refractivity contribution in [2.45, 2.75) is 39.7 Å². The molecule has 9 heteroatoms. The highest BCUT2D eigenvalue weighted by molar-refractivity contribution is 7.88. The second kappa shape index (κ2) is 8.60. The zero-order chi connectivity index (χ0) is 17.5. The van der Waals surface area contributed by atoms with Crippen LogP contribution in [0.25, 0.3) is 0 Å². The minimum absolute atomic E-state index is 0.339. The molecule has 1 rings (SSSR count). The van der Waals surface area contributed by atoms with Crippen molar-refractivity contribution in [2.75, 3.05) is 25.9 Å². The van der Waals surface area contributed by atoms with Crippen molar-refractivity contribution in [3.63, 3.8) is 0 Å². The number of nitrogens with one attached hydrogen (secondary N) is 3. The lowest BCUT2D eigenvalue weighted by molar-refractivity contribution is 0.464. The van der Waals surface area contributed by atoms with E-state index in [-0.39, 0.29) is 0 Å². The van der Waals surface area contributed by atoms with Crippen LogP contribution in [-0.4, -0.2) is 50.8 Å². The van der Waals surface area contributed by atoms with Crippen molar-refractivity contribution in [1.29, 1.82) is 0 Å². The smallest absolute Gasteiger partial charge is 0.209 e. The van der Waals surface area contributed by atoms with Gasteiger partial charge in [-0.3, -0.25) is 4.99 Å². The maximum Gasteiger partial charge on any atom is 0.209 e. The topological polar surface area (TPSA) is 95.5 Å². The molecular weight excluding hydrogens is 334 g/mol. The van der Waals surface area contributed by atoms with E-state index in [2.05, 4.69) is 25.3 Å². The predicted octanol–water partition coefficient (Wildman–Crippen LogP) is 0.877. The maximum absolute atomic E-state index is 11.4. The van der Waals surface area contributed by atoms with Crippen molar-refractivity contribution >= 4 is 27.3 Å². The third kappa shape index (κ3) is 8.87. The largest absolute Gasteiger partial charge is 0.357 e. The summed E-state index contributed by atoms with van der Waals surface area (Å²) < 4.78 is 25.3. The Hall–Kier alpha value is -1.19. The van der Waals surface area contributed by atoms with E-state index >= 15 is 0 Å². The van der Waals surface area contributed by atoms with E-state index < -0.39 is 15.6 Å². The van der Waals surface area contributed by atoms with Crippen LogP contribution in [0.4, 0.5) is 0 Å². The van der Waals surface area contributed by atoms with Crippen LogP contribution in [-0.2, 0) is 16.4 Å². The summed E-state index contributed by atoms with van der Waals surface area (Å²) >= 11 is 1.69. The van der Waals surface area contributed by atoms with Crippen LogP contribution >= 0.6 is 11.3 Å². The van der Waals surface area contributed by atoms with Crippen molar-refractivity contribution < 1.29 is 8.42 Å². The van der Waals surface area contributed by atoms with Gasteiger partial charge in [-0.25, -0.2) is 18.1 Å². The molecule has 0 atom stereocenters. The molecule has 0 saturated heterocycles. The number of sulfonamides is 1. The van der Waals surface area contributed by atoms with Crippen LogP contribution < -0.4 is 15.4 Å². The molecule has 23 heavy (non-hydrogen) atoms. The Kier molecular flexibility index (Phi) is 7.43. The van der Waals surface area contributed by atoms with E-state index in [4.69, 9.17) is 0 Å². The third-order valence-corrected chi connectivity index (χ3v) is 4.63. The zero-order valence-electron chi connectivity index (χ0n) is 14.4. The lowest BCUT2D eigenvalue weighted by Gasteiger charge is -2.23. The molecule has 7 nitrogen and oxygen atoms in total. The number of hydrogen-bond acceptors (Lipinski definition) is 5. The van der Waals surface area contributed by atoms with Gasteiger partial charge in [-0.1, -0.05) is 0 Å². The highest BCUT2D eigenvalue weighted by atomic mass is 32.2. The Morgan fingerprint density at radius 3 is 2.61 bits per heavy atom. The van der Waals surface area contributed by atoms with Gasteiger partial charge in [0.05, 0.1) is 17.8 Å². The summed E-state index contributed by atoms with van der Waals surface area (Å²) in [6.45, 7) is 9.43. The fourth-order valence-corrected chi connectivity index (χ4v) is 3.81. The molecule has 0 saturated carbocycles. The Morgan fingerprint density at radius 1 is 1.39 bits per heavy atom. The van der Waals surface area contributed by atoms with Crippen LogP contribution in [0.5, 0.6) is 0 Å². The molecular formula is C14H27N5O2S2. The summed E-state index contributed by atoms with van der Waals surface area (Å²) in [6, 6.07) is 0. The first-order chi connectivity index (χ1) is 10.6. The molecule has 0 aliphatic rings. The molecule has 0 aliphatic heterocycles. The summed E-state index contributed by atoms with van der Waals surface area (Å²) in [6.07, 6.45) is 3.85. The summed E-state index contributed by atoms with van der Waals surface area (Å²) in [4.78, 5) is 9.98. The lowest BCUT2D eigenvalue weighted by atomic mass is 10.1. The molecule has 1 aromatic rings. The molecule has 0 amide bonds. The number of rotatable bonds is 8. The molecule has 1 aromatic heterocycles. The predicted molar refractivity (Wildman–Crippen MR) is 96.6 cm³/mol. The summed E-state index contributed by atoms with van der Waals surface area (Å²) in [7, 11) is -3.26. The average Bonchev–Trinajstić information content (AvgIpc) is 2.79. The Bertz CT molecular complexity index is 623. The van der Waals surface area contributed by atoms with Crippen LogP contribution in [0.1, 0.15) is 30.7 Å². The summed E-state index contributed by atoms with van der Waals surface area (Å²) in [5, 5.41) is 7.48. The third-order valence-electron chi connectivity index (χ3n) is 2.74. The molecule has 1 heterocycles. The molecule has 0 fully saturated rings. The van der Waals surface area contributed by atoms with Gasteiger partial charge < -0.3 is 10.6 Å². The number of aliphatic imine (C=N–C) groups is 1. The van der Waals surface area contributed by atoms with Crippen molar-refractivity contribution in [2.24, 2.45) is 4.99 Å². The molecule has 132 valence electrons. The van der Waals surface area contributed by atoms with Crippen molar-refractivity contribution in [1.82, 2.24) is 20.3 Å². The fourth-order valence-electron chi connectivity index (χ4n) is 1.96. The highest BCUT2D eigenvalue weighted by Gasteiger charge is 2.21. The number of hydrogen-bond donors (Lipinski definition) is 3. The number of thiazole rings is 1. The van der Waals surface area contributed by atoms with Gasteiger partial charge >= 0.3 is 0 Å². The van der Waals surface area contributed by atoms with Crippen LogP contribution in [0.3, 0.4) is 0 Å². The van der Waals surface area contributed by atoms with E-state index in [9.17, 15) is 8.42 Å². The van der Waals surface area contributed by atoms with Gasteiger partial charge in [-0.05, 0) is 27.7 Å². The highest BCUT2D eigenvalue weighted by Crippen LogP contribution is 2.10. The number of guanidine groups is 1. The lowest BCUT2D eigenvalue weighted by Crippen LogP contribution is -2.47. The molecule has 3 N–H and O–H groups in total. The van der Waals surface area contributed by atoms with Gasteiger partial charge in [0.25, 0.3) is 0 Å². The molecule has 0 radical (unpaired) electrons. The molecule has 0 aliphatic carbocycles. The van der Waals surface area contributed by atoms with Crippen LogP contribution in [0, 0.1) is 6.92 Å². The van der Waals surface area contributed by atoms with Gasteiger partial charge in [0.1, 0.15) is 0 Å². The van der Waals surface area contributed by atoms with Gasteiger partial charge in [0, 0.05) is 36.1 Å². The maximum atomic E-state index is 11.4. The normalized spacial score (nSPS) is 13.2. The standard InChI is InChI=1S/C14H27N5O2S2/c1-6-15-13(16-8-7-12-17-9-11(2)22-12)18-10-14(3,4)19-23(5,20)21/h9,19H,6-8,10H2,1-5H3,(H2,15,16,18). The van der Waals surface area contributed by atoms with E-state index in [1.54, 1.807) is 25.2 Å². The summed E-state index contributed by atoms with van der Waals surface area (Å²) in [5.74, 6) is 0.671. The Morgan fingerprint density at radius 2 is 2.09 bits per heavy atom. The minimum atomic E-state index is -3.26. The first-order valence-electron chi connectivity index (χ1n) is 7.54. The van der Waals surface area contributed by atoms with Gasteiger partial charge in [-0.2, -0.15) is 0 Å². The van der Waals surface area contributed by atoms with Gasteiger partial charge in [-0.15, -0.1) is 11.3 Å². The average molecular weight is 362 g/mol. The Labute approximate surface area is 143 Å². The minimum Gasteiger partial charge on any atom is -0.357 e. The fraction of sp³-hybridized carbons (Fsp3) is 0.714. The van der Waals surface area contributed by atoms with Crippen LogP contribution in [0.15, 0.2) is 11.2 Å². The second-order valence-corrected chi connectivity index (χ2v) is 9.06. The summed E-state index contributed by atoms with van der Waals surface area (Å²) in [5.41, 5.74) is -0.637. The molecule has 0 unspecified atom stereocenters. The molecule has 0 bridgehead atoms. The molecule has 0 spiro atoms. The number of nitrogens with zero attached hydrogens (tertiary/aromatic N) is 2. The Balaban J connectivity index is 2.55. The first kappa shape index (κ1) is 19.9. The van der Waals surface area contributed by atoms with Crippen molar-refractivity contribution in [3.8, 4) is 0 Å². The van der Waals surface area contributed by atoms with Crippen LogP contribution in [0.2, 0.25) is 0 Å².